The molecule has 2 aromatic rings. The van der Waals surface area contributed by atoms with Crippen molar-refractivity contribution in [2.45, 2.75) is 13.5 Å². The van der Waals surface area contributed by atoms with E-state index >= 15 is 0 Å². The van der Waals surface area contributed by atoms with Crippen LogP contribution in [0, 0.1) is 6.92 Å². The van der Waals surface area contributed by atoms with Crippen molar-refractivity contribution in [1.82, 2.24) is 19.7 Å². The summed E-state index contributed by atoms with van der Waals surface area (Å²) in [6.07, 6.45) is 3.50. The van der Waals surface area contributed by atoms with Crippen LogP contribution in [0.1, 0.15) is 21.7 Å². The number of carbonyl (C=O) groups is 1. The maximum Gasteiger partial charge on any atom is 0.272 e. The van der Waals surface area contributed by atoms with E-state index in [2.05, 4.69) is 15.0 Å². The average molecular weight is 329 g/mol. The van der Waals surface area contributed by atoms with E-state index in [-0.39, 0.29) is 5.91 Å². The van der Waals surface area contributed by atoms with Gasteiger partial charge in [-0.2, -0.15) is 5.10 Å². The molecule has 3 rings (SSSR count). The molecule has 7 nitrogen and oxygen atoms in total. The van der Waals surface area contributed by atoms with Crippen LogP contribution in [-0.4, -0.2) is 58.9 Å². The van der Waals surface area contributed by atoms with Crippen molar-refractivity contribution in [2.75, 3.05) is 38.3 Å². The molecule has 1 saturated heterocycles. The molecule has 0 unspecified atom stereocenters. The van der Waals surface area contributed by atoms with Crippen LogP contribution < -0.4 is 4.90 Å². The quantitative estimate of drug-likeness (QED) is 0.844. The standard InChI is InChI=1S/C17H23N5O2/c1-13-14(11-19-21(13)3)12-20(2)17(23)16-10-15(4-5-18-16)22-6-8-24-9-7-22/h4-5,10-11H,6-9,12H2,1-3H3. The minimum absolute atomic E-state index is 0.0895. The summed E-state index contributed by atoms with van der Waals surface area (Å²) < 4.78 is 7.19. The molecule has 0 atom stereocenters. The summed E-state index contributed by atoms with van der Waals surface area (Å²) in [4.78, 5) is 20.8. The van der Waals surface area contributed by atoms with Crippen molar-refractivity contribution in [1.29, 1.82) is 0 Å². The van der Waals surface area contributed by atoms with Crippen molar-refractivity contribution >= 4 is 11.6 Å². The van der Waals surface area contributed by atoms with Crippen molar-refractivity contribution < 1.29 is 9.53 Å². The van der Waals surface area contributed by atoms with E-state index in [9.17, 15) is 4.79 Å². The van der Waals surface area contributed by atoms with Crippen molar-refractivity contribution in [3.8, 4) is 0 Å². The molecule has 0 bridgehead atoms. The van der Waals surface area contributed by atoms with Gasteiger partial charge in [0.2, 0.25) is 0 Å². The van der Waals surface area contributed by atoms with Gasteiger partial charge < -0.3 is 14.5 Å². The lowest BCUT2D eigenvalue weighted by Gasteiger charge is -2.29. The predicted molar refractivity (Wildman–Crippen MR) is 91.0 cm³/mol. The van der Waals surface area contributed by atoms with Crippen molar-refractivity contribution in [3.05, 3.63) is 41.5 Å². The first-order valence-electron chi connectivity index (χ1n) is 8.08. The molecule has 1 aliphatic rings. The zero-order chi connectivity index (χ0) is 17.1. The number of anilines is 1. The molecule has 3 heterocycles. The van der Waals surface area contributed by atoms with Crippen LogP contribution in [0.4, 0.5) is 5.69 Å². The van der Waals surface area contributed by atoms with Gasteiger partial charge in [0.05, 0.1) is 19.4 Å². The third-order valence-electron chi connectivity index (χ3n) is 4.43. The molecular formula is C17H23N5O2. The monoisotopic (exact) mass is 329 g/mol. The van der Waals surface area contributed by atoms with Gasteiger partial charge in [-0.1, -0.05) is 0 Å². The number of hydrogen-bond acceptors (Lipinski definition) is 5. The molecule has 0 radical (unpaired) electrons. The molecular weight excluding hydrogens is 306 g/mol. The number of aryl methyl sites for hydroxylation is 1. The molecule has 1 amide bonds. The Morgan fingerprint density at radius 2 is 2.12 bits per heavy atom. The lowest BCUT2D eigenvalue weighted by atomic mass is 10.2. The highest BCUT2D eigenvalue weighted by Crippen LogP contribution is 2.17. The van der Waals surface area contributed by atoms with E-state index in [1.807, 2.05) is 30.8 Å². The Hall–Kier alpha value is -2.41. The Bertz CT molecular complexity index is 722. The minimum atomic E-state index is -0.0895. The Morgan fingerprint density at radius 3 is 2.79 bits per heavy atom. The smallest absolute Gasteiger partial charge is 0.272 e. The number of pyridine rings is 1. The van der Waals surface area contributed by atoms with Gasteiger partial charge in [-0.3, -0.25) is 14.5 Å². The lowest BCUT2D eigenvalue weighted by molar-refractivity contribution is 0.0779. The third-order valence-corrected chi connectivity index (χ3v) is 4.43. The van der Waals surface area contributed by atoms with E-state index in [4.69, 9.17) is 4.74 Å². The van der Waals surface area contributed by atoms with Crippen LogP contribution in [-0.2, 0) is 18.3 Å². The molecule has 0 saturated carbocycles. The fraction of sp³-hybridized carbons (Fsp3) is 0.471. The summed E-state index contributed by atoms with van der Waals surface area (Å²) in [5, 5.41) is 4.22. The Labute approximate surface area is 141 Å². The summed E-state index contributed by atoms with van der Waals surface area (Å²) in [5.41, 5.74) is 3.58. The van der Waals surface area contributed by atoms with E-state index in [0.717, 1.165) is 30.0 Å². The van der Waals surface area contributed by atoms with Crippen LogP contribution >= 0.6 is 0 Å². The van der Waals surface area contributed by atoms with E-state index in [1.165, 1.54) is 0 Å². The molecule has 2 aromatic heterocycles. The fourth-order valence-corrected chi connectivity index (χ4v) is 2.78. The Kier molecular flexibility index (Phi) is 4.80. The normalized spacial score (nSPS) is 14.7. The summed E-state index contributed by atoms with van der Waals surface area (Å²) in [6.45, 7) is 5.61. The molecule has 128 valence electrons. The number of rotatable bonds is 4. The highest BCUT2D eigenvalue weighted by atomic mass is 16.5. The number of carbonyl (C=O) groups excluding carboxylic acids is 1. The maximum atomic E-state index is 12.7. The minimum Gasteiger partial charge on any atom is -0.378 e. The first-order valence-corrected chi connectivity index (χ1v) is 8.08. The molecule has 7 heteroatoms. The SMILES string of the molecule is Cc1c(CN(C)C(=O)c2cc(N3CCOCC3)ccn2)cnn1C. The zero-order valence-corrected chi connectivity index (χ0v) is 14.4. The second kappa shape index (κ2) is 7.00. The van der Waals surface area contributed by atoms with Gasteiger partial charge in [0.25, 0.3) is 5.91 Å². The molecule has 1 fully saturated rings. The lowest BCUT2D eigenvalue weighted by Crippen LogP contribution is -2.36. The van der Waals surface area contributed by atoms with Gasteiger partial charge >= 0.3 is 0 Å². The zero-order valence-electron chi connectivity index (χ0n) is 14.4. The van der Waals surface area contributed by atoms with E-state index < -0.39 is 0 Å². The highest BCUT2D eigenvalue weighted by molar-refractivity contribution is 5.93. The number of hydrogen-bond donors (Lipinski definition) is 0. The van der Waals surface area contributed by atoms with Gasteiger partial charge in [-0.25, -0.2) is 0 Å². The topological polar surface area (TPSA) is 63.5 Å². The second-order valence-corrected chi connectivity index (χ2v) is 6.04. The molecule has 0 aliphatic carbocycles. The number of ether oxygens (including phenoxy) is 1. The summed E-state index contributed by atoms with van der Waals surface area (Å²) in [7, 11) is 3.69. The highest BCUT2D eigenvalue weighted by Gasteiger charge is 2.18. The van der Waals surface area contributed by atoms with Crippen LogP contribution in [0.15, 0.2) is 24.5 Å². The Morgan fingerprint density at radius 1 is 1.38 bits per heavy atom. The number of nitrogens with zero attached hydrogens (tertiary/aromatic N) is 5. The van der Waals surface area contributed by atoms with Gasteiger partial charge in [0.1, 0.15) is 5.69 Å². The molecule has 0 spiro atoms. The first kappa shape index (κ1) is 16.4. The second-order valence-electron chi connectivity index (χ2n) is 6.04. The average Bonchev–Trinajstić information content (AvgIpc) is 2.94. The van der Waals surface area contributed by atoms with Crippen LogP contribution in [0.3, 0.4) is 0 Å². The third kappa shape index (κ3) is 3.41. The van der Waals surface area contributed by atoms with E-state index in [0.29, 0.717) is 25.5 Å². The Balaban J connectivity index is 1.73. The molecule has 1 aliphatic heterocycles. The van der Waals surface area contributed by atoms with E-state index in [1.54, 1.807) is 24.3 Å². The van der Waals surface area contributed by atoms with Crippen LogP contribution in [0.25, 0.3) is 0 Å². The van der Waals surface area contributed by atoms with Gasteiger partial charge in [-0.05, 0) is 19.1 Å². The van der Waals surface area contributed by atoms with Gasteiger partial charge in [0, 0.05) is 56.9 Å². The predicted octanol–water partition coefficient (Wildman–Crippen LogP) is 1.23. The van der Waals surface area contributed by atoms with Crippen molar-refractivity contribution in [3.63, 3.8) is 0 Å². The van der Waals surface area contributed by atoms with Crippen LogP contribution in [0.2, 0.25) is 0 Å². The summed E-state index contributed by atoms with van der Waals surface area (Å²) >= 11 is 0. The molecule has 0 N–H and O–H groups in total. The fourth-order valence-electron chi connectivity index (χ4n) is 2.78. The summed E-state index contributed by atoms with van der Waals surface area (Å²) in [6, 6.07) is 3.80. The number of morpholine rings is 1. The molecule has 0 aromatic carbocycles. The largest absolute Gasteiger partial charge is 0.378 e. The van der Waals surface area contributed by atoms with Crippen molar-refractivity contribution in [2.24, 2.45) is 7.05 Å². The maximum absolute atomic E-state index is 12.7. The van der Waals surface area contributed by atoms with Crippen LogP contribution in [0.5, 0.6) is 0 Å². The number of aromatic nitrogens is 3. The summed E-state index contributed by atoms with van der Waals surface area (Å²) in [5.74, 6) is -0.0895. The molecule has 24 heavy (non-hydrogen) atoms. The first-order chi connectivity index (χ1) is 11.6. The number of amides is 1. The van der Waals surface area contributed by atoms with Gasteiger partial charge in [0.15, 0.2) is 0 Å². The van der Waals surface area contributed by atoms with Gasteiger partial charge in [-0.15, -0.1) is 0 Å².